The van der Waals surface area contributed by atoms with Crippen molar-refractivity contribution in [2.75, 3.05) is 5.32 Å². The maximum Gasteiger partial charge on any atom is 0.319 e. The predicted molar refractivity (Wildman–Crippen MR) is 58.2 cm³/mol. The van der Waals surface area contributed by atoms with Gasteiger partial charge in [0.1, 0.15) is 11.5 Å². The molecule has 1 aromatic rings. The Hall–Kier alpha value is -2.18. The van der Waals surface area contributed by atoms with Crippen LogP contribution in [0.15, 0.2) is 18.2 Å². The molecule has 1 saturated carbocycles. The second-order valence-corrected chi connectivity index (χ2v) is 3.79. The smallest absolute Gasteiger partial charge is 0.319 e. The lowest BCUT2D eigenvalue weighted by molar-refractivity contribution is -0.384. The summed E-state index contributed by atoms with van der Waals surface area (Å²) in [6.07, 6.45) is 1.80. The molecule has 0 aliphatic heterocycles. The maximum absolute atomic E-state index is 12.9. The average molecular weight is 239 g/mol. The minimum Gasteiger partial charge on any atom is -0.335 e. The van der Waals surface area contributed by atoms with E-state index >= 15 is 0 Å². The number of nitro benzene ring substituents is 1. The molecule has 1 fully saturated rings. The van der Waals surface area contributed by atoms with Crippen LogP contribution in [0.1, 0.15) is 12.8 Å². The molecule has 2 rings (SSSR count). The van der Waals surface area contributed by atoms with Gasteiger partial charge in [0.25, 0.3) is 5.69 Å². The predicted octanol–water partition coefficient (Wildman–Crippen LogP) is 2.02. The average Bonchev–Trinajstić information content (AvgIpc) is 3.00. The molecule has 1 aliphatic rings. The van der Waals surface area contributed by atoms with Crippen LogP contribution in [0.2, 0.25) is 0 Å². The number of nitro groups is 1. The standard InChI is InChI=1S/C10H10FN3O3/c11-6-1-4-9(14(16)17)8(5-6)13-10(15)12-7-2-3-7/h1,4-5,7H,2-3H2,(H2,12,13,15). The Labute approximate surface area is 96.0 Å². The molecule has 7 heteroatoms. The van der Waals surface area contributed by atoms with Crippen LogP contribution >= 0.6 is 0 Å². The fourth-order valence-corrected chi connectivity index (χ4v) is 1.34. The van der Waals surface area contributed by atoms with Crippen LogP contribution in [-0.2, 0) is 0 Å². The zero-order valence-corrected chi connectivity index (χ0v) is 8.77. The normalized spacial score (nSPS) is 14.2. The molecule has 1 aliphatic carbocycles. The summed E-state index contributed by atoms with van der Waals surface area (Å²) in [6.45, 7) is 0. The number of amides is 2. The highest BCUT2D eigenvalue weighted by molar-refractivity contribution is 5.92. The SMILES string of the molecule is O=C(Nc1cc(F)ccc1[N+](=O)[O-])NC1CC1. The summed E-state index contributed by atoms with van der Waals surface area (Å²) in [6, 6.07) is 2.48. The van der Waals surface area contributed by atoms with Crippen LogP contribution in [0.25, 0.3) is 0 Å². The largest absolute Gasteiger partial charge is 0.335 e. The van der Waals surface area contributed by atoms with Crippen LogP contribution in [0.5, 0.6) is 0 Å². The summed E-state index contributed by atoms with van der Waals surface area (Å²) in [5.74, 6) is -0.641. The van der Waals surface area contributed by atoms with Crippen molar-refractivity contribution in [3.8, 4) is 0 Å². The van der Waals surface area contributed by atoms with E-state index in [2.05, 4.69) is 10.6 Å². The minimum absolute atomic E-state index is 0.127. The van der Waals surface area contributed by atoms with Gasteiger partial charge in [-0.2, -0.15) is 0 Å². The van der Waals surface area contributed by atoms with Crippen molar-refractivity contribution in [1.82, 2.24) is 5.32 Å². The van der Waals surface area contributed by atoms with Crippen molar-refractivity contribution >= 4 is 17.4 Å². The van der Waals surface area contributed by atoms with Crippen molar-refractivity contribution in [2.45, 2.75) is 18.9 Å². The van der Waals surface area contributed by atoms with Gasteiger partial charge in [0, 0.05) is 18.2 Å². The van der Waals surface area contributed by atoms with Crippen molar-refractivity contribution in [3.05, 3.63) is 34.1 Å². The number of rotatable bonds is 3. The van der Waals surface area contributed by atoms with Crippen molar-refractivity contribution < 1.29 is 14.1 Å². The monoisotopic (exact) mass is 239 g/mol. The summed E-state index contributed by atoms with van der Waals surface area (Å²) in [5, 5.41) is 15.5. The Morgan fingerprint density at radius 2 is 2.18 bits per heavy atom. The van der Waals surface area contributed by atoms with E-state index in [1.165, 1.54) is 0 Å². The van der Waals surface area contributed by atoms with Crippen LogP contribution < -0.4 is 10.6 Å². The molecule has 0 bridgehead atoms. The number of nitrogens with one attached hydrogen (secondary N) is 2. The molecule has 0 radical (unpaired) electrons. The number of benzene rings is 1. The van der Waals surface area contributed by atoms with Gasteiger partial charge in [-0.3, -0.25) is 10.1 Å². The quantitative estimate of drug-likeness (QED) is 0.625. The van der Waals surface area contributed by atoms with E-state index in [-0.39, 0.29) is 17.4 Å². The zero-order valence-electron chi connectivity index (χ0n) is 8.77. The number of halogens is 1. The molecule has 2 amide bonds. The van der Waals surface area contributed by atoms with Crippen LogP contribution in [-0.4, -0.2) is 17.0 Å². The summed E-state index contributed by atoms with van der Waals surface area (Å²) in [4.78, 5) is 21.4. The first-order chi connectivity index (χ1) is 8.06. The highest BCUT2D eigenvalue weighted by Gasteiger charge is 2.24. The highest BCUT2D eigenvalue weighted by atomic mass is 19.1. The second-order valence-electron chi connectivity index (χ2n) is 3.79. The third-order valence-electron chi connectivity index (χ3n) is 2.32. The third kappa shape index (κ3) is 2.90. The molecule has 0 spiro atoms. The van der Waals surface area contributed by atoms with Crippen molar-refractivity contribution in [3.63, 3.8) is 0 Å². The lowest BCUT2D eigenvalue weighted by Gasteiger charge is -2.06. The molecule has 17 heavy (non-hydrogen) atoms. The van der Waals surface area contributed by atoms with Gasteiger partial charge < -0.3 is 10.6 Å². The first-order valence-corrected chi connectivity index (χ1v) is 5.08. The zero-order chi connectivity index (χ0) is 12.4. The number of hydrogen-bond acceptors (Lipinski definition) is 3. The molecule has 6 nitrogen and oxygen atoms in total. The third-order valence-corrected chi connectivity index (χ3v) is 2.32. The molecular formula is C10H10FN3O3. The Bertz CT molecular complexity index is 474. The molecule has 0 aromatic heterocycles. The van der Waals surface area contributed by atoms with E-state index in [4.69, 9.17) is 0 Å². The summed E-state index contributed by atoms with van der Waals surface area (Å²) in [5.41, 5.74) is -0.481. The molecule has 0 unspecified atom stereocenters. The van der Waals surface area contributed by atoms with Gasteiger partial charge in [0.2, 0.25) is 0 Å². The highest BCUT2D eigenvalue weighted by Crippen LogP contribution is 2.25. The number of nitrogens with zero attached hydrogens (tertiary/aromatic N) is 1. The topological polar surface area (TPSA) is 84.3 Å². The van der Waals surface area contributed by atoms with Gasteiger partial charge >= 0.3 is 6.03 Å². The van der Waals surface area contributed by atoms with Crippen LogP contribution in [0.4, 0.5) is 20.6 Å². The molecule has 2 N–H and O–H groups in total. The number of carbonyl (C=O) groups excluding carboxylic acids is 1. The van der Waals surface area contributed by atoms with Gasteiger partial charge in [0.15, 0.2) is 0 Å². The van der Waals surface area contributed by atoms with Gasteiger partial charge in [-0.15, -0.1) is 0 Å². The van der Waals surface area contributed by atoms with Gasteiger partial charge in [0.05, 0.1) is 4.92 Å². The first kappa shape index (κ1) is 11.3. The molecule has 90 valence electrons. The fourth-order valence-electron chi connectivity index (χ4n) is 1.34. The maximum atomic E-state index is 12.9. The summed E-state index contributed by atoms with van der Waals surface area (Å²) < 4.78 is 12.9. The second kappa shape index (κ2) is 4.36. The molecule has 0 saturated heterocycles. The summed E-state index contributed by atoms with van der Waals surface area (Å²) in [7, 11) is 0. The number of hydrogen-bond donors (Lipinski definition) is 2. The Morgan fingerprint density at radius 1 is 1.47 bits per heavy atom. The lowest BCUT2D eigenvalue weighted by Crippen LogP contribution is -2.30. The van der Waals surface area contributed by atoms with Gasteiger partial charge in [-0.1, -0.05) is 0 Å². The van der Waals surface area contributed by atoms with E-state index in [0.29, 0.717) is 0 Å². The Morgan fingerprint density at radius 3 is 2.76 bits per heavy atom. The van der Waals surface area contributed by atoms with Crippen molar-refractivity contribution in [1.29, 1.82) is 0 Å². The summed E-state index contributed by atoms with van der Waals surface area (Å²) >= 11 is 0. The lowest BCUT2D eigenvalue weighted by atomic mass is 10.2. The van der Waals surface area contributed by atoms with E-state index in [1.54, 1.807) is 0 Å². The molecule has 0 atom stereocenters. The minimum atomic E-state index is -0.674. The molecule has 1 aromatic carbocycles. The molecule has 0 heterocycles. The fraction of sp³-hybridized carbons (Fsp3) is 0.300. The van der Waals surface area contributed by atoms with Gasteiger partial charge in [-0.25, -0.2) is 9.18 Å². The first-order valence-electron chi connectivity index (χ1n) is 5.08. The Balaban J connectivity index is 2.14. The molecular weight excluding hydrogens is 229 g/mol. The van der Waals surface area contributed by atoms with E-state index in [1.807, 2.05) is 0 Å². The van der Waals surface area contributed by atoms with Crippen LogP contribution in [0.3, 0.4) is 0 Å². The number of urea groups is 1. The van der Waals surface area contributed by atoms with Crippen LogP contribution in [0, 0.1) is 15.9 Å². The number of carbonyl (C=O) groups is 1. The number of anilines is 1. The van der Waals surface area contributed by atoms with Crippen molar-refractivity contribution in [2.24, 2.45) is 0 Å². The van der Waals surface area contributed by atoms with E-state index in [0.717, 1.165) is 31.0 Å². The van der Waals surface area contributed by atoms with E-state index < -0.39 is 16.8 Å². The Kier molecular flexibility index (Phi) is 2.90. The van der Waals surface area contributed by atoms with E-state index in [9.17, 15) is 19.3 Å². The van der Waals surface area contributed by atoms with Gasteiger partial charge in [-0.05, 0) is 18.9 Å².